The van der Waals surface area contributed by atoms with E-state index in [1.807, 2.05) is 53.0 Å². The van der Waals surface area contributed by atoms with Crippen molar-refractivity contribution < 1.29 is 37.4 Å². The second-order valence-corrected chi connectivity index (χ2v) is 12.9. The highest BCUT2D eigenvalue weighted by Crippen LogP contribution is 2.34. The van der Waals surface area contributed by atoms with E-state index >= 15 is 0 Å². The number of fused-ring (bicyclic) bond motifs is 6. The highest BCUT2D eigenvalue weighted by molar-refractivity contribution is 7.97. The van der Waals surface area contributed by atoms with Crippen LogP contribution < -0.4 is 31.2 Å². The van der Waals surface area contributed by atoms with Gasteiger partial charge in [-0.2, -0.15) is 16.7 Å². The van der Waals surface area contributed by atoms with Crippen molar-refractivity contribution >= 4 is 41.7 Å². The minimum atomic E-state index is -0.535. The van der Waals surface area contributed by atoms with Gasteiger partial charge in [-0.05, 0) is 69.8 Å². The molecule has 4 bridgehead atoms. The number of carbonyl (C=O) groups is 3. The molecule has 1 aliphatic rings. The van der Waals surface area contributed by atoms with Gasteiger partial charge in [-0.25, -0.2) is 13.8 Å². The van der Waals surface area contributed by atoms with E-state index in [1.54, 1.807) is 24.9 Å². The first-order valence-electron chi connectivity index (χ1n) is 15.5. The Morgan fingerprint density at radius 3 is 2.41 bits per heavy atom. The van der Waals surface area contributed by atoms with Gasteiger partial charge in [0, 0.05) is 35.4 Å². The number of benzene rings is 1. The van der Waals surface area contributed by atoms with E-state index in [9.17, 15) is 23.2 Å². The fourth-order valence-electron chi connectivity index (χ4n) is 4.24. The predicted molar refractivity (Wildman–Crippen MR) is 187 cm³/mol. The largest absolute Gasteiger partial charge is 0.493 e. The highest BCUT2D eigenvalue weighted by atomic mass is 32.2. The Balaban J connectivity index is 0.000000346. The quantitative estimate of drug-likeness (QED) is 0.234. The number of rotatable bonds is 8. The Hall–Kier alpha value is -4.50. The molecule has 1 aliphatic heterocycles. The number of hydrogen-bond donors (Lipinski definition) is 4. The normalized spacial score (nSPS) is 12.8. The number of likely N-dealkylation sites (N-methyl/N-ethyl adjacent to an activating group) is 1. The van der Waals surface area contributed by atoms with Crippen LogP contribution in [0.25, 0.3) is 11.1 Å². The molecule has 1 aromatic carbocycles. The van der Waals surface area contributed by atoms with Crippen LogP contribution >= 0.6 is 11.8 Å². The van der Waals surface area contributed by atoms with Crippen molar-refractivity contribution in [1.29, 1.82) is 0 Å². The number of anilines is 2. The molecule has 0 spiro atoms. The first-order valence-corrected chi connectivity index (χ1v) is 16.9. The Morgan fingerprint density at radius 2 is 1.82 bits per heavy atom. The maximum absolute atomic E-state index is 14.6. The average molecular weight is 705 g/mol. The van der Waals surface area contributed by atoms with Gasteiger partial charge in [0.15, 0.2) is 0 Å². The molecule has 0 saturated heterocycles. The summed E-state index contributed by atoms with van der Waals surface area (Å²) in [6.45, 7) is 10.3. The molecular formula is C34H46F2N6O6S. The monoisotopic (exact) mass is 704 g/mol. The second-order valence-electron chi connectivity index (χ2n) is 12.0. The molecule has 0 radical (unpaired) electrons. The molecule has 12 nitrogen and oxygen atoms in total. The van der Waals surface area contributed by atoms with Crippen LogP contribution in [0.5, 0.6) is 11.6 Å². The molecule has 268 valence electrons. The molecule has 4 rings (SSSR count). The van der Waals surface area contributed by atoms with Gasteiger partial charge < -0.3 is 35.9 Å². The van der Waals surface area contributed by atoms with Crippen LogP contribution in [-0.2, 0) is 24.9 Å². The highest BCUT2D eigenvalue weighted by Gasteiger charge is 2.20. The van der Waals surface area contributed by atoms with E-state index in [0.29, 0.717) is 49.2 Å². The molecule has 5 N–H and O–H groups in total. The fraction of sp³-hybridized carbons (Fsp3) is 0.441. The number of carbonyl (C=O) groups excluding carboxylic acids is 3. The SMILES string of the molecule is CC(C)(C)OC=O.CNC(C(=O)NCC(N)=O)C(C)C.CSCc1cc2nc(c1)OCCCOc1cc(F)ccc1-c1cc(ncc1F)N2. The number of primary amides is 1. The average Bonchev–Trinajstić information content (AvgIpc) is 3.01. The topological polar surface area (TPSA) is 167 Å². The third-order valence-electron chi connectivity index (χ3n) is 6.41. The molecule has 15 heteroatoms. The molecule has 1 unspecified atom stereocenters. The lowest BCUT2D eigenvalue weighted by molar-refractivity contribution is -0.138. The van der Waals surface area contributed by atoms with Crippen LogP contribution in [0.2, 0.25) is 0 Å². The van der Waals surface area contributed by atoms with Crippen molar-refractivity contribution in [2.75, 3.05) is 38.4 Å². The number of amides is 2. The van der Waals surface area contributed by atoms with Gasteiger partial charge in [0.1, 0.15) is 34.6 Å². The zero-order chi connectivity index (χ0) is 36.6. The number of ether oxygens (including phenoxy) is 3. The van der Waals surface area contributed by atoms with Crippen LogP contribution in [0, 0.1) is 17.6 Å². The summed E-state index contributed by atoms with van der Waals surface area (Å²) in [6.07, 6.45) is 3.71. The zero-order valence-corrected chi connectivity index (χ0v) is 29.7. The number of hydrogen-bond acceptors (Lipinski definition) is 11. The summed E-state index contributed by atoms with van der Waals surface area (Å²) in [4.78, 5) is 39.9. The second kappa shape index (κ2) is 20.1. The number of thioether (sulfide) groups is 1. The zero-order valence-electron chi connectivity index (χ0n) is 28.9. The maximum Gasteiger partial charge on any atom is 0.293 e. The molecule has 2 aromatic heterocycles. The van der Waals surface area contributed by atoms with Crippen molar-refractivity contribution in [3.8, 4) is 22.8 Å². The fourth-order valence-corrected chi connectivity index (χ4v) is 4.74. The smallest absolute Gasteiger partial charge is 0.293 e. The van der Waals surface area contributed by atoms with Crippen molar-refractivity contribution in [1.82, 2.24) is 20.6 Å². The van der Waals surface area contributed by atoms with Crippen LogP contribution in [0.4, 0.5) is 20.4 Å². The standard InChI is InChI=1S/C21H19F2N3O2S.C8H17N3O2.C5H10O2/c1-29-12-13-7-20-25-19-10-16(17(23)11-24-19)15-4-3-14(22)9-18(15)27-5-2-6-28-21(8-13)26-20;1-5(2)7(10-3)8(13)11-4-6(9)12;1-5(2,3)7-4-6/h3-4,7-11H,2,5-6,12H2,1H3,(H,24,25,26);5,7,10H,4H2,1-3H3,(H2,9,12)(H,11,13);4H,1-3H3. The van der Waals surface area contributed by atoms with Crippen molar-refractivity contribution in [2.45, 2.75) is 58.4 Å². The van der Waals surface area contributed by atoms with Gasteiger partial charge in [-0.15, -0.1) is 0 Å². The third kappa shape index (κ3) is 14.7. The summed E-state index contributed by atoms with van der Waals surface area (Å²) >= 11 is 1.69. The van der Waals surface area contributed by atoms with Gasteiger partial charge in [0.2, 0.25) is 17.7 Å². The van der Waals surface area contributed by atoms with E-state index < -0.39 is 17.5 Å². The minimum absolute atomic E-state index is 0.107. The summed E-state index contributed by atoms with van der Waals surface area (Å²) < 4.78 is 44.4. The summed E-state index contributed by atoms with van der Waals surface area (Å²) in [5.74, 6) is 1.01. The lowest BCUT2D eigenvalue weighted by Gasteiger charge is -2.18. The molecule has 1 atom stereocenters. The first kappa shape index (κ1) is 40.7. The first-order chi connectivity index (χ1) is 23.2. The number of nitrogens with two attached hydrogens (primary N) is 1. The molecule has 0 aliphatic carbocycles. The maximum atomic E-state index is 14.6. The molecule has 0 fully saturated rings. The number of nitrogens with zero attached hydrogens (tertiary/aromatic N) is 2. The molecule has 0 saturated carbocycles. The number of aromatic nitrogens is 2. The molecule has 2 amide bonds. The minimum Gasteiger partial charge on any atom is -0.493 e. The Kier molecular flexibility index (Phi) is 16.7. The molecule has 49 heavy (non-hydrogen) atoms. The van der Waals surface area contributed by atoms with E-state index in [1.165, 1.54) is 18.2 Å². The van der Waals surface area contributed by atoms with Crippen LogP contribution in [0.3, 0.4) is 0 Å². The summed E-state index contributed by atoms with van der Waals surface area (Å²) in [5.41, 5.74) is 6.34. The van der Waals surface area contributed by atoms with E-state index in [4.69, 9.17) is 15.2 Å². The lowest BCUT2D eigenvalue weighted by Crippen LogP contribution is -2.47. The van der Waals surface area contributed by atoms with Crippen molar-refractivity contribution in [3.05, 3.63) is 59.8 Å². The number of halogens is 2. The third-order valence-corrected chi connectivity index (χ3v) is 7.03. The van der Waals surface area contributed by atoms with Gasteiger partial charge in [-0.3, -0.25) is 14.4 Å². The number of pyridine rings is 2. The van der Waals surface area contributed by atoms with Gasteiger partial charge >= 0.3 is 0 Å². The van der Waals surface area contributed by atoms with Crippen LogP contribution in [0.15, 0.2) is 42.6 Å². The van der Waals surface area contributed by atoms with E-state index in [2.05, 4.69) is 30.7 Å². The van der Waals surface area contributed by atoms with Gasteiger partial charge in [0.05, 0.1) is 32.0 Å². The number of nitrogens with one attached hydrogen (secondary N) is 3. The summed E-state index contributed by atoms with van der Waals surface area (Å²) in [6, 6.07) is 9.12. The summed E-state index contributed by atoms with van der Waals surface area (Å²) in [5, 5.41) is 8.41. The van der Waals surface area contributed by atoms with Crippen LogP contribution in [0.1, 0.15) is 46.6 Å². The Bertz CT molecular complexity index is 1540. The van der Waals surface area contributed by atoms with Crippen molar-refractivity contribution in [3.63, 3.8) is 0 Å². The predicted octanol–water partition coefficient (Wildman–Crippen LogP) is 4.98. The van der Waals surface area contributed by atoms with Gasteiger partial charge in [0.25, 0.3) is 6.47 Å². The van der Waals surface area contributed by atoms with E-state index in [0.717, 1.165) is 17.5 Å². The molecule has 3 heterocycles. The van der Waals surface area contributed by atoms with Gasteiger partial charge in [-0.1, -0.05) is 13.8 Å². The van der Waals surface area contributed by atoms with Crippen LogP contribution in [-0.4, -0.2) is 73.0 Å². The van der Waals surface area contributed by atoms with E-state index in [-0.39, 0.29) is 41.3 Å². The molecular weight excluding hydrogens is 658 g/mol. The Morgan fingerprint density at radius 1 is 1.10 bits per heavy atom. The van der Waals surface area contributed by atoms with Crippen molar-refractivity contribution in [2.24, 2.45) is 11.7 Å². The molecule has 3 aromatic rings. The summed E-state index contributed by atoms with van der Waals surface area (Å²) in [7, 11) is 1.70. The Labute approximate surface area is 290 Å². The lowest BCUT2D eigenvalue weighted by atomic mass is 10.0.